The topological polar surface area (TPSA) is 32.3 Å². The lowest BCUT2D eigenvalue weighted by Gasteiger charge is -2.09. The Labute approximate surface area is 114 Å². The van der Waals surface area contributed by atoms with Crippen molar-refractivity contribution in [3.05, 3.63) is 29.3 Å². The average molecular weight is 266 g/mol. The third-order valence-electron chi connectivity index (χ3n) is 2.71. The third kappa shape index (κ3) is 5.56. The molecule has 0 aliphatic heterocycles. The van der Waals surface area contributed by atoms with Crippen LogP contribution in [0.15, 0.2) is 18.2 Å². The molecule has 0 radical (unpaired) electrons. The van der Waals surface area contributed by atoms with E-state index in [2.05, 4.69) is 24.1 Å². The van der Waals surface area contributed by atoms with Crippen molar-refractivity contribution in [2.24, 2.45) is 0 Å². The molecule has 0 saturated carbocycles. The fourth-order valence-corrected chi connectivity index (χ4v) is 2.32. The van der Waals surface area contributed by atoms with E-state index in [0.717, 1.165) is 18.0 Å². The molecule has 0 heterocycles. The van der Waals surface area contributed by atoms with Gasteiger partial charge in [0.25, 0.3) is 0 Å². The zero-order valence-electron chi connectivity index (χ0n) is 11.6. The molecule has 1 aromatic rings. The number of aryl methyl sites for hydroxylation is 2. The predicted octanol–water partition coefficient (Wildman–Crippen LogP) is 2.54. The molecule has 100 valence electrons. The molecule has 0 bridgehead atoms. The highest BCUT2D eigenvalue weighted by atomic mass is 32.2. The van der Waals surface area contributed by atoms with Crippen molar-refractivity contribution in [3.8, 4) is 0 Å². The molecule has 0 aliphatic carbocycles. The van der Waals surface area contributed by atoms with Gasteiger partial charge < -0.3 is 10.2 Å². The Hall–Kier alpha value is -1.00. The van der Waals surface area contributed by atoms with Gasteiger partial charge in [-0.1, -0.05) is 6.07 Å². The molecule has 0 saturated heterocycles. The summed E-state index contributed by atoms with van der Waals surface area (Å²) in [5.41, 5.74) is 3.33. The normalized spacial score (nSPS) is 10.7. The Morgan fingerprint density at radius 1 is 1.28 bits per heavy atom. The van der Waals surface area contributed by atoms with Crippen LogP contribution in [-0.2, 0) is 4.79 Å². The van der Waals surface area contributed by atoms with E-state index >= 15 is 0 Å². The summed E-state index contributed by atoms with van der Waals surface area (Å²) in [4.78, 5) is 13.8. The van der Waals surface area contributed by atoms with Crippen LogP contribution in [0.2, 0.25) is 0 Å². The molecule has 3 nitrogen and oxygen atoms in total. The van der Waals surface area contributed by atoms with Crippen LogP contribution < -0.4 is 5.32 Å². The van der Waals surface area contributed by atoms with Crippen LogP contribution in [0.25, 0.3) is 0 Å². The van der Waals surface area contributed by atoms with E-state index in [0.29, 0.717) is 5.75 Å². The lowest BCUT2D eigenvalue weighted by Crippen LogP contribution is -2.18. The highest BCUT2D eigenvalue weighted by Gasteiger charge is 2.03. The number of carbonyl (C=O) groups is 1. The van der Waals surface area contributed by atoms with Gasteiger partial charge in [-0.2, -0.15) is 11.8 Å². The molecule has 0 aromatic heterocycles. The number of rotatable bonds is 6. The zero-order chi connectivity index (χ0) is 13.5. The number of benzene rings is 1. The summed E-state index contributed by atoms with van der Waals surface area (Å²) in [6.45, 7) is 5.12. The molecule has 1 amide bonds. The molecule has 0 atom stereocenters. The molecule has 0 unspecified atom stereocenters. The molecule has 0 aliphatic rings. The zero-order valence-corrected chi connectivity index (χ0v) is 12.4. The van der Waals surface area contributed by atoms with Gasteiger partial charge in [-0.3, -0.25) is 4.79 Å². The average Bonchev–Trinajstić information content (AvgIpc) is 2.29. The largest absolute Gasteiger partial charge is 0.325 e. The second kappa shape index (κ2) is 7.44. The van der Waals surface area contributed by atoms with Gasteiger partial charge in [-0.05, 0) is 51.2 Å². The number of anilines is 1. The van der Waals surface area contributed by atoms with Crippen molar-refractivity contribution in [1.82, 2.24) is 4.90 Å². The van der Waals surface area contributed by atoms with Crippen LogP contribution in [-0.4, -0.2) is 43.0 Å². The van der Waals surface area contributed by atoms with Crippen molar-refractivity contribution < 1.29 is 4.79 Å². The van der Waals surface area contributed by atoms with Crippen LogP contribution >= 0.6 is 11.8 Å². The van der Waals surface area contributed by atoms with E-state index in [9.17, 15) is 4.79 Å². The molecular formula is C14H22N2OS. The van der Waals surface area contributed by atoms with Crippen LogP contribution in [0, 0.1) is 13.8 Å². The third-order valence-corrected chi connectivity index (χ3v) is 3.64. The maximum Gasteiger partial charge on any atom is 0.234 e. The van der Waals surface area contributed by atoms with Crippen molar-refractivity contribution in [1.29, 1.82) is 0 Å². The molecule has 4 heteroatoms. The van der Waals surface area contributed by atoms with Crippen molar-refractivity contribution in [2.45, 2.75) is 13.8 Å². The molecule has 0 fully saturated rings. The van der Waals surface area contributed by atoms with Crippen LogP contribution in [0.4, 0.5) is 5.69 Å². The second-order valence-electron chi connectivity index (χ2n) is 4.70. The standard InChI is InChI=1S/C14H22N2OS/c1-11-5-6-13(9-12(11)2)15-14(17)10-18-8-7-16(3)4/h5-6,9H,7-8,10H2,1-4H3,(H,15,17). The lowest BCUT2D eigenvalue weighted by molar-refractivity contribution is -0.113. The smallest absolute Gasteiger partial charge is 0.234 e. The number of amides is 1. The van der Waals surface area contributed by atoms with E-state index in [1.165, 1.54) is 11.1 Å². The first kappa shape index (κ1) is 15.1. The fraction of sp³-hybridized carbons (Fsp3) is 0.500. The van der Waals surface area contributed by atoms with E-state index in [1.807, 2.05) is 32.3 Å². The number of hydrogen-bond donors (Lipinski definition) is 1. The Kier molecular flexibility index (Phi) is 6.22. The minimum absolute atomic E-state index is 0.0713. The predicted molar refractivity (Wildman–Crippen MR) is 80.4 cm³/mol. The Morgan fingerprint density at radius 2 is 2.00 bits per heavy atom. The number of carbonyl (C=O) groups excluding carboxylic acids is 1. The van der Waals surface area contributed by atoms with Crippen molar-refractivity contribution in [2.75, 3.05) is 37.5 Å². The number of nitrogens with one attached hydrogen (secondary N) is 1. The van der Waals surface area contributed by atoms with E-state index in [-0.39, 0.29) is 5.91 Å². The highest BCUT2D eigenvalue weighted by Crippen LogP contribution is 2.14. The van der Waals surface area contributed by atoms with E-state index in [4.69, 9.17) is 0 Å². The summed E-state index contributed by atoms with van der Waals surface area (Å²) >= 11 is 1.66. The molecule has 1 N–H and O–H groups in total. The lowest BCUT2D eigenvalue weighted by atomic mass is 10.1. The number of thioether (sulfide) groups is 1. The summed E-state index contributed by atoms with van der Waals surface area (Å²) in [5, 5.41) is 2.92. The molecular weight excluding hydrogens is 244 g/mol. The van der Waals surface area contributed by atoms with Gasteiger partial charge in [0.1, 0.15) is 0 Å². The van der Waals surface area contributed by atoms with Crippen LogP contribution in [0.5, 0.6) is 0 Å². The first-order valence-corrected chi connectivity index (χ1v) is 7.24. The van der Waals surface area contributed by atoms with Gasteiger partial charge in [-0.25, -0.2) is 0 Å². The van der Waals surface area contributed by atoms with Crippen LogP contribution in [0.1, 0.15) is 11.1 Å². The van der Waals surface area contributed by atoms with Crippen LogP contribution in [0.3, 0.4) is 0 Å². The SMILES string of the molecule is Cc1ccc(NC(=O)CSCCN(C)C)cc1C. The second-order valence-corrected chi connectivity index (χ2v) is 5.81. The van der Waals surface area contributed by atoms with Gasteiger partial charge in [0.05, 0.1) is 5.75 Å². The maximum absolute atomic E-state index is 11.7. The molecule has 18 heavy (non-hydrogen) atoms. The first-order chi connectivity index (χ1) is 8.49. The Balaban J connectivity index is 2.33. The number of hydrogen-bond acceptors (Lipinski definition) is 3. The van der Waals surface area contributed by atoms with Gasteiger partial charge >= 0.3 is 0 Å². The minimum atomic E-state index is 0.0713. The summed E-state index contributed by atoms with van der Waals surface area (Å²) in [6, 6.07) is 5.99. The summed E-state index contributed by atoms with van der Waals surface area (Å²) < 4.78 is 0. The van der Waals surface area contributed by atoms with E-state index < -0.39 is 0 Å². The van der Waals surface area contributed by atoms with Gasteiger partial charge in [-0.15, -0.1) is 0 Å². The molecule has 0 spiro atoms. The first-order valence-electron chi connectivity index (χ1n) is 6.08. The highest BCUT2D eigenvalue weighted by molar-refractivity contribution is 7.99. The van der Waals surface area contributed by atoms with Crippen molar-refractivity contribution >= 4 is 23.4 Å². The molecule has 1 aromatic carbocycles. The minimum Gasteiger partial charge on any atom is -0.325 e. The number of nitrogens with zero attached hydrogens (tertiary/aromatic N) is 1. The fourth-order valence-electron chi connectivity index (χ4n) is 1.43. The summed E-state index contributed by atoms with van der Waals surface area (Å²) in [7, 11) is 4.07. The quantitative estimate of drug-likeness (QED) is 0.803. The summed E-state index contributed by atoms with van der Waals surface area (Å²) in [5.74, 6) is 1.57. The Bertz CT molecular complexity index is 405. The van der Waals surface area contributed by atoms with Gasteiger partial charge in [0.15, 0.2) is 0 Å². The summed E-state index contributed by atoms with van der Waals surface area (Å²) in [6.07, 6.45) is 0. The van der Waals surface area contributed by atoms with Gasteiger partial charge in [0, 0.05) is 18.0 Å². The monoisotopic (exact) mass is 266 g/mol. The van der Waals surface area contributed by atoms with Gasteiger partial charge in [0.2, 0.25) is 5.91 Å². The maximum atomic E-state index is 11.7. The Morgan fingerprint density at radius 3 is 2.61 bits per heavy atom. The van der Waals surface area contributed by atoms with Crippen molar-refractivity contribution in [3.63, 3.8) is 0 Å². The van der Waals surface area contributed by atoms with E-state index in [1.54, 1.807) is 11.8 Å². The molecule has 1 rings (SSSR count).